The highest BCUT2D eigenvalue weighted by molar-refractivity contribution is 7.92. The quantitative estimate of drug-likeness (QED) is 0.386. The molecule has 1 fully saturated rings. The molecular weight excluding hydrogens is 412 g/mol. The summed E-state index contributed by atoms with van der Waals surface area (Å²) in [5, 5.41) is 6.53. The van der Waals surface area contributed by atoms with Crippen molar-refractivity contribution in [2.24, 2.45) is 10.9 Å². The minimum atomic E-state index is -3.35. The minimum absolute atomic E-state index is 0.434. The third kappa shape index (κ3) is 7.79. The van der Waals surface area contributed by atoms with Crippen molar-refractivity contribution >= 4 is 21.7 Å². The van der Waals surface area contributed by atoms with Gasteiger partial charge in [-0.2, -0.15) is 0 Å². The van der Waals surface area contributed by atoms with E-state index < -0.39 is 10.0 Å². The second kappa shape index (κ2) is 10.5. The van der Waals surface area contributed by atoms with Gasteiger partial charge in [-0.15, -0.1) is 0 Å². The summed E-state index contributed by atoms with van der Waals surface area (Å²) in [5.74, 6) is 2.25. The first-order valence-corrected chi connectivity index (χ1v) is 12.5. The summed E-state index contributed by atoms with van der Waals surface area (Å²) in [6.07, 6.45) is 3.65. The molecule has 31 heavy (non-hydrogen) atoms. The van der Waals surface area contributed by atoms with Crippen molar-refractivity contribution in [3.8, 4) is 5.75 Å². The van der Waals surface area contributed by atoms with Gasteiger partial charge in [0.1, 0.15) is 5.75 Å². The monoisotopic (exact) mass is 444 g/mol. The van der Waals surface area contributed by atoms with Crippen molar-refractivity contribution in [3.05, 3.63) is 59.2 Å². The molecule has 1 saturated carbocycles. The predicted molar refractivity (Wildman–Crippen MR) is 126 cm³/mol. The number of aryl methyl sites for hydroxylation is 1. The van der Waals surface area contributed by atoms with Crippen LogP contribution in [0.15, 0.2) is 47.5 Å². The highest BCUT2D eigenvalue weighted by atomic mass is 32.2. The number of ether oxygens (including phenoxy) is 1. The molecule has 0 heterocycles. The summed E-state index contributed by atoms with van der Waals surface area (Å²) < 4.78 is 31.9. The lowest BCUT2D eigenvalue weighted by Gasteiger charge is -2.15. The SMILES string of the molecule is CCNC(=NCc1ccc(C)cc1OCC1CC1)NCc1ccccc1NS(C)(=O)=O. The molecule has 0 aromatic heterocycles. The molecular formula is C23H32N4O3S. The Hall–Kier alpha value is -2.74. The van der Waals surface area contributed by atoms with Crippen LogP contribution in [0.2, 0.25) is 0 Å². The smallest absolute Gasteiger partial charge is 0.229 e. The number of benzene rings is 2. The van der Waals surface area contributed by atoms with Crippen LogP contribution < -0.4 is 20.1 Å². The normalized spacial score (nSPS) is 14.2. The van der Waals surface area contributed by atoms with Crippen LogP contribution >= 0.6 is 0 Å². The number of hydrogen-bond donors (Lipinski definition) is 3. The zero-order chi connectivity index (χ0) is 22.3. The van der Waals surface area contributed by atoms with Crippen LogP contribution in [0, 0.1) is 12.8 Å². The van der Waals surface area contributed by atoms with E-state index in [2.05, 4.69) is 40.5 Å². The lowest BCUT2D eigenvalue weighted by Crippen LogP contribution is -2.37. The molecule has 168 valence electrons. The van der Waals surface area contributed by atoms with Crippen LogP contribution in [0.25, 0.3) is 0 Å². The number of hydrogen-bond acceptors (Lipinski definition) is 4. The van der Waals surface area contributed by atoms with Crippen molar-refractivity contribution in [2.75, 3.05) is 24.1 Å². The van der Waals surface area contributed by atoms with Gasteiger partial charge in [0.05, 0.1) is 25.1 Å². The third-order valence-corrected chi connectivity index (χ3v) is 5.50. The molecule has 0 radical (unpaired) electrons. The molecule has 7 nitrogen and oxygen atoms in total. The fourth-order valence-electron chi connectivity index (χ4n) is 3.08. The maximum Gasteiger partial charge on any atom is 0.229 e. The molecule has 0 spiro atoms. The van der Waals surface area contributed by atoms with Gasteiger partial charge in [-0.3, -0.25) is 4.72 Å². The van der Waals surface area contributed by atoms with Gasteiger partial charge < -0.3 is 15.4 Å². The van der Waals surface area contributed by atoms with Crippen LogP contribution in [0.4, 0.5) is 5.69 Å². The topological polar surface area (TPSA) is 91.8 Å². The van der Waals surface area contributed by atoms with Gasteiger partial charge in [-0.05, 0) is 55.9 Å². The summed E-state index contributed by atoms with van der Waals surface area (Å²) in [5.41, 5.74) is 3.60. The third-order valence-electron chi connectivity index (χ3n) is 4.90. The van der Waals surface area contributed by atoms with Gasteiger partial charge in [-0.25, -0.2) is 13.4 Å². The molecule has 0 unspecified atom stereocenters. The van der Waals surface area contributed by atoms with Crippen molar-refractivity contribution < 1.29 is 13.2 Å². The number of anilines is 1. The molecule has 2 aromatic carbocycles. The number of guanidine groups is 1. The molecule has 2 aromatic rings. The Bertz CT molecular complexity index is 1020. The van der Waals surface area contributed by atoms with Crippen molar-refractivity contribution in [2.45, 2.75) is 39.8 Å². The Balaban J connectivity index is 1.69. The van der Waals surface area contributed by atoms with E-state index in [0.717, 1.165) is 29.7 Å². The van der Waals surface area contributed by atoms with Gasteiger partial charge in [-0.1, -0.05) is 30.3 Å². The molecule has 3 rings (SSSR count). The van der Waals surface area contributed by atoms with E-state index in [4.69, 9.17) is 9.73 Å². The lowest BCUT2D eigenvalue weighted by molar-refractivity contribution is 0.296. The lowest BCUT2D eigenvalue weighted by atomic mass is 10.1. The molecule has 1 aliphatic rings. The van der Waals surface area contributed by atoms with Gasteiger partial charge in [0.15, 0.2) is 5.96 Å². The van der Waals surface area contributed by atoms with E-state index in [1.165, 1.54) is 18.4 Å². The maximum absolute atomic E-state index is 11.6. The van der Waals surface area contributed by atoms with Crippen LogP contribution in [0.1, 0.15) is 36.5 Å². The zero-order valence-electron chi connectivity index (χ0n) is 18.4. The molecule has 0 aliphatic heterocycles. The highest BCUT2D eigenvalue weighted by Crippen LogP contribution is 2.31. The fourth-order valence-corrected chi connectivity index (χ4v) is 3.68. The maximum atomic E-state index is 11.6. The van der Waals surface area contributed by atoms with Crippen LogP contribution in [0.5, 0.6) is 5.75 Å². The second-order valence-corrected chi connectivity index (χ2v) is 9.69. The number of para-hydroxylation sites is 1. The first-order chi connectivity index (χ1) is 14.8. The Labute approximate surface area is 185 Å². The minimum Gasteiger partial charge on any atom is -0.493 e. The molecule has 0 bridgehead atoms. The van der Waals surface area contributed by atoms with E-state index in [9.17, 15) is 8.42 Å². The standard InChI is InChI=1S/C23H32N4O3S/c1-4-24-23(25-14-19-7-5-6-8-21(19)27-31(3,28)29)26-15-20-12-9-17(2)13-22(20)30-16-18-10-11-18/h5-9,12-13,18,27H,4,10-11,14-16H2,1-3H3,(H2,24,25,26). The molecule has 0 amide bonds. The van der Waals surface area contributed by atoms with E-state index in [-0.39, 0.29) is 0 Å². The molecule has 3 N–H and O–H groups in total. The van der Waals surface area contributed by atoms with Crippen LogP contribution in [-0.2, 0) is 23.1 Å². The first kappa shape index (κ1) is 22.9. The highest BCUT2D eigenvalue weighted by Gasteiger charge is 2.22. The number of rotatable bonds is 10. The summed E-state index contributed by atoms with van der Waals surface area (Å²) >= 11 is 0. The average molecular weight is 445 g/mol. The Morgan fingerprint density at radius 3 is 2.61 bits per heavy atom. The zero-order valence-corrected chi connectivity index (χ0v) is 19.3. The average Bonchev–Trinajstić information content (AvgIpc) is 3.54. The molecule has 0 atom stereocenters. The number of nitrogens with zero attached hydrogens (tertiary/aromatic N) is 1. The van der Waals surface area contributed by atoms with E-state index in [1.54, 1.807) is 12.1 Å². The summed E-state index contributed by atoms with van der Waals surface area (Å²) in [4.78, 5) is 4.71. The number of nitrogens with one attached hydrogen (secondary N) is 3. The van der Waals surface area contributed by atoms with Crippen molar-refractivity contribution in [3.63, 3.8) is 0 Å². The second-order valence-electron chi connectivity index (χ2n) is 7.95. The van der Waals surface area contributed by atoms with Gasteiger partial charge >= 0.3 is 0 Å². The largest absolute Gasteiger partial charge is 0.493 e. The van der Waals surface area contributed by atoms with Gasteiger partial charge in [0.2, 0.25) is 10.0 Å². The van der Waals surface area contributed by atoms with Crippen LogP contribution in [-0.4, -0.2) is 33.8 Å². The van der Waals surface area contributed by atoms with Gasteiger partial charge in [0, 0.05) is 18.7 Å². The number of sulfonamides is 1. The Kier molecular flexibility index (Phi) is 7.79. The molecule has 8 heteroatoms. The van der Waals surface area contributed by atoms with Gasteiger partial charge in [0.25, 0.3) is 0 Å². The summed E-state index contributed by atoms with van der Waals surface area (Å²) in [6, 6.07) is 13.5. The predicted octanol–water partition coefficient (Wildman–Crippen LogP) is 3.41. The summed E-state index contributed by atoms with van der Waals surface area (Å²) in [7, 11) is -3.35. The van der Waals surface area contributed by atoms with E-state index in [0.29, 0.717) is 37.2 Å². The Morgan fingerprint density at radius 2 is 1.90 bits per heavy atom. The van der Waals surface area contributed by atoms with E-state index >= 15 is 0 Å². The summed E-state index contributed by atoms with van der Waals surface area (Å²) in [6.45, 7) is 6.47. The first-order valence-electron chi connectivity index (χ1n) is 10.6. The number of aliphatic imine (C=N–C) groups is 1. The van der Waals surface area contributed by atoms with Crippen molar-refractivity contribution in [1.29, 1.82) is 0 Å². The van der Waals surface area contributed by atoms with E-state index in [1.807, 2.05) is 19.1 Å². The fraction of sp³-hybridized carbons (Fsp3) is 0.435. The molecule has 0 saturated heterocycles. The Morgan fingerprint density at radius 1 is 1.13 bits per heavy atom. The molecule has 1 aliphatic carbocycles. The van der Waals surface area contributed by atoms with Crippen molar-refractivity contribution in [1.82, 2.24) is 10.6 Å². The van der Waals surface area contributed by atoms with Crippen LogP contribution in [0.3, 0.4) is 0 Å².